The van der Waals surface area contributed by atoms with Gasteiger partial charge in [-0.3, -0.25) is 4.79 Å². The van der Waals surface area contributed by atoms with Gasteiger partial charge in [0, 0.05) is 11.7 Å². The van der Waals surface area contributed by atoms with Gasteiger partial charge in [-0.05, 0) is 37.8 Å². The largest absolute Gasteiger partial charge is 0.506 e. The summed E-state index contributed by atoms with van der Waals surface area (Å²) in [6.45, 7) is 10.4. The normalized spacial score (nSPS) is 12.4. The van der Waals surface area contributed by atoms with E-state index in [2.05, 4.69) is 31.4 Å². The van der Waals surface area contributed by atoms with Crippen molar-refractivity contribution < 1.29 is 9.90 Å². The highest BCUT2D eigenvalue weighted by molar-refractivity contribution is 6.07. The molecule has 0 radical (unpaired) electrons. The lowest BCUT2D eigenvalue weighted by Gasteiger charge is -2.33. The van der Waals surface area contributed by atoms with Crippen LogP contribution in [0.15, 0.2) is 36.0 Å². The molecule has 0 aromatic heterocycles. The third kappa shape index (κ3) is 6.43. The van der Waals surface area contributed by atoms with Crippen LogP contribution >= 0.6 is 0 Å². The summed E-state index contributed by atoms with van der Waals surface area (Å²) in [5.41, 5.74) is 0.0907. The van der Waals surface area contributed by atoms with Crippen molar-refractivity contribution in [3.8, 4) is 11.8 Å². The molecule has 124 valence electrons. The van der Waals surface area contributed by atoms with Gasteiger partial charge in [0.2, 0.25) is 0 Å². The number of nitriles is 1. The monoisotopic (exact) mass is 315 g/mol. The molecule has 23 heavy (non-hydrogen) atoms. The number of benzene rings is 1. The fraction of sp³-hybridized carbons (Fsp3) is 0.444. The Bertz CT molecular complexity index is 634. The van der Waals surface area contributed by atoms with Gasteiger partial charge in [-0.2, -0.15) is 5.26 Å². The van der Waals surface area contributed by atoms with E-state index in [1.165, 1.54) is 12.3 Å². The Morgan fingerprint density at radius 3 is 2.39 bits per heavy atom. The van der Waals surface area contributed by atoms with E-state index in [4.69, 9.17) is 0 Å². The molecular formula is C18H25N3O2. The maximum Gasteiger partial charge on any atom is 0.267 e. The minimum atomic E-state index is -0.562. The molecule has 0 bridgehead atoms. The van der Waals surface area contributed by atoms with Crippen LogP contribution in [0, 0.1) is 16.7 Å². The van der Waals surface area contributed by atoms with E-state index in [1.807, 2.05) is 19.9 Å². The quantitative estimate of drug-likeness (QED) is 0.441. The first-order chi connectivity index (χ1) is 10.5. The highest BCUT2D eigenvalue weighted by atomic mass is 16.3. The highest BCUT2D eigenvalue weighted by Crippen LogP contribution is 2.27. The van der Waals surface area contributed by atoms with Crippen LogP contribution in [-0.2, 0) is 4.79 Å². The summed E-state index contributed by atoms with van der Waals surface area (Å²) in [5, 5.41) is 24.5. The number of para-hydroxylation sites is 2. The van der Waals surface area contributed by atoms with Crippen LogP contribution in [0.4, 0.5) is 5.69 Å². The summed E-state index contributed by atoms with van der Waals surface area (Å²) in [6, 6.07) is 8.26. The molecule has 0 heterocycles. The molecule has 5 heteroatoms. The van der Waals surface area contributed by atoms with Crippen LogP contribution < -0.4 is 10.6 Å². The van der Waals surface area contributed by atoms with Gasteiger partial charge in [0.15, 0.2) is 0 Å². The molecule has 0 aliphatic carbocycles. The number of phenolic OH excluding ortho intramolecular Hbond substituents is 1. The van der Waals surface area contributed by atoms with Crippen LogP contribution in [0.3, 0.4) is 0 Å². The summed E-state index contributed by atoms with van der Waals surface area (Å²) >= 11 is 0. The number of hydrogen-bond acceptors (Lipinski definition) is 4. The van der Waals surface area contributed by atoms with E-state index in [-0.39, 0.29) is 28.0 Å². The molecule has 1 aromatic rings. The molecule has 0 aliphatic heterocycles. The van der Waals surface area contributed by atoms with E-state index in [0.717, 1.165) is 6.42 Å². The van der Waals surface area contributed by atoms with Gasteiger partial charge in [-0.25, -0.2) is 0 Å². The number of nitrogens with zero attached hydrogens (tertiary/aromatic N) is 1. The second kappa shape index (κ2) is 7.19. The smallest absolute Gasteiger partial charge is 0.267 e. The van der Waals surface area contributed by atoms with Gasteiger partial charge in [-0.1, -0.05) is 32.9 Å². The first-order valence-electron chi connectivity index (χ1n) is 7.51. The number of carbonyl (C=O) groups is 1. The number of rotatable bonds is 5. The third-order valence-electron chi connectivity index (χ3n) is 3.10. The molecule has 3 N–H and O–H groups in total. The molecule has 0 spiro atoms. The van der Waals surface area contributed by atoms with Crippen LogP contribution in [0.5, 0.6) is 5.75 Å². The minimum absolute atomic E-state index is 0.0424. The Balaban J connectivity index is 2.82. The topological polar surface area (TPSA) is 85.2 Å². The second-order valence-corrected chi connectivity index (χ2v) is 7.41. The van der Waals surface area contributed by atoms with Gasteiger partial charge in [0.1, 0.15) is 17.4 Å². The Morgan fingerprint density at radius 2 is 1.87 bits per heavy atom. The van der Waals surface area contributed by atoms with E-state index in [1.54, 1.807) is 18.2 Å². The predicted octanol–water partition coefficient (Wildman–Crippen LogP) is 3.54. The summed E-state index contributed by atoms with van der Waals surface area (Å²) in [5.74, 6) is -0.604. The van der Waals surface area contributed by atoms with E-state index in [0.29, 0.717) is 0 Å². The first-order valence-corrected chi connectivity index (χ1v) is 7.51. The number of amides is 1. The predicted molar refractivity (Wildman–Crippen MR) is 91.7 cm³/mol. The fourth-order valence-corrected chi connectivity index (χ4v) is 2.56. The number of phenols is 1. The van der Waals surface area contributed by atoms with E-state index in [9.17, 15) is 15.2 Å². The average Bonchev–Trinajstić information content (AvgIpc) is 2.39. The van der Waals surface area contributed by atoms with Crippen molar-refractivity contribution in [3.05, 3.63) is 36.0 Å². The van der Waals surface area contributed by atoms with Crippen LogP contribution in [-0.4, -0.2) is 16.6 Å². The van der Waals surface area contributed by atoms with Crippen molar-refractivity contribution in [1.29, 1.82) is 5.26 Å². The van der Waals surface area contributed by atoms with Crippen LogP contribution in [0.2, 0.25) is 0 Å². The summed E-state index contributed by atoms with van der Waals surface area (Å²) in [7, 11) is 0. The lowest BCUT2D eigenvalue weighted by Crippen LogP contribution is -2.39. The standard InChI is InChI=1S/C18H25N3O2/c1-17(2,3)12-18(4,5)20-11-13(10-19)16(23)21-14-8-6-7-9-15(14)22/h6-9,11,20,22H,12H2,1-5H3,(H,21,23)/b13-11-. The van der Waals surface area contributed by atoms with Gasteiger partial charge in [-0.15, -0.1) is 0 Å². The number of hydrogen-bond donors (Lipinski definition) is 3. The zero-order chi connectivity index (χ0) is 17.7. The van der Waals surface area contributed by atoms with Gasteiger partial charge in [0.25, 0.3) is 5.91 Å². The van der Waals surface area contributed by atoms with Crippen molar-refractivity contribution in [2.75, 3.05) is 5.32 Å². The maximum atomic E-state index is 12.1. The summed E-state index contributed by atoms with van der Waals surface area (Å²) in [6.07, 6.45) is 2.30. The second-order valence-electron chi connectivity index (χ2n) is 7.41. The Labute approximate surface area is 138 Å². The van der Waals surface area contributed by atoms with Crippen molar-refractivity contribution in [3.63, 3.8) is 0 Å². The molecule has 0 saturated heterocycles. The molecule has 0 atom stereocenters. The number of nitrogens with one attached hydrogen (secondary N) is 2. The Kier molecular flexibility index (Phi) is 5.80. The number of aromatic hydroxyl groups is 1. The molecular weight excluding hydrogens is 290 g/mol. The van der Waals surface area contributed by atoms with Gasteiger partial charge >= 0.3 is 0 Å². The maximum absolute atomic E-state index is 12.1. The van der Waals surface area contributed by atoms with Crippen molar-refractivity contribution >= 4 is 11.6 Å². The van der Waals surface area contributed by atoms with Gasteiger partial charge in [0.05, 0.1) is 5.69 Å². The van der Waals surface area contributed by atoms with Crippen molar-refractivity contribution in [1.82, 2.24) is 5.32 Å². The average molecular weight is 315 g/mol. The van der Waals surface area contributed by atoms with Crippen LogP contribution in [0.1, 0.15) is 41.0 Å². The molecule has 0 saturated carbocycles. The zero-order valence-corrected chi connectivity index (χ0v) is 14.4. The number of anilines is 1. The zero-order valence-electron chi connectivity index (χ0n) is 14.4. The summed E-state index contributed by atoms with van der Waals surface area (Å²) < 4.78 is 0. The molecule has 1 aromatic carbocycles. The molecule has 5 nitrogen and oxygen atoms in total. The highest BCUT2D eigenvalue weighted by Gasteiger charge is 2.24. The summed E-state index contributed by atoms with van der Waals surface area (Å²) in [4.78, 5) is 12.1. The number of carbonyl (C=O) groups excluding carboxylic acids is 1. The van der Waals surface area contributed by atoms with E-state index >= 15 is 0 Å². The molecule has 1 amide bonds. The molecule has 1 rings (SSSR count). The Morgan fingerprint density at radius 1 is 1.26 bits per heavy atom. The third-order valence-corrected chi connectivity index (χ3v) is 3.10. The molecule has 0 unspecified atom stereocenters. The van der Waals surface area contributed by atoms with Crippen molar-refractivity contribution in [2.24, 2.45) is 5.41 Å². The fourth-order valence-electron chi connectivity index (χ4n) is 2.56. The SMILES string of the molecule is CC(C)(C)CC(C)(C)N/C=C(/C#N)C(=O)Nc1ccccc1O. The molecule has 0 fully saturated rings. The van der Waals surface area contributed by atoms with Crippen molar-refractivity contribution in [2.45, 2.75) is 46.6 Å². The lowest BCUT2D eigenvalue weighted by molar-refractivity contribution is -0.112. The molecule has 0 aliphatic rings. The first kappa shape index (κ1) is 18.6. The van der Waals surface area contributed by atoms with E-state index < -0.39 is 5.91 Å². The van der Waals surface area contributed by atoms with Crippen LogP contribution in [0.25, 0.3) is 0 Å². The minimum Gasteiger partial charge on any atom is -0.506 e. The lowest BCUT2D eigenvalue weighted by atomic mass is 9.82. The van der Waals surface area contributed by atoms with Gasteiger partial charge < -0.3 is 15.7 Å². The Hall–Kier alpha value is -2.48.